The zero-order valence-corrected chi connectivity index (χ0v) is 12.6. The van der Waals surface area contributed by atoms with E-state index in [1.165, 1.54) is 44.1 Å². The van der Waals surface area contributed by atoms with E-state index in [0.29, 0.717) is 5.88 Å². The monoisotopic (exact) mass is 275 g/mol. The standard InChI is InChI=1S/C16H25N3O/c1-19(2)9-13-14(15(17)20-18-13)16-6-10-3-11(7-16)5-12(4-10)8-16/h10-12H,3-9,17H2,1-2H3. The number of nitrogens with two attached hydrogens (primary N) is 1. The van der Waals surface area contributed by atoms with Gasteiger partial charge in [-0.2, -0.15) is 0 Å². The molecular formula is C16H25N3O. The summed E-state index contributed by atoms with van der Waals surface area (Å²) in [6.45, 7) is 0.831. The Morgan fingerprint density at radius 1 is 1.15 bits per heavy atom. The summed E-state index contributed by atoms with van der Waals surface area (Å²) in [5, 5.41) is 4.27. The van der Waals surface area contributed by atoms with E-state index in [9.17, 15) is 0 Å². The molecule has 2 N–H and O–H groups in total. The molecule has 0 aromatic carbocycles. The molecule has 4 heteroatoms. The van der Waals surface area contributed by atoms with E-state index in [1.54, 1.807) is 0 Å². The molecule has 4 nitrogen and oxygen atoms in total. The molecule has 4 aliphatic carbocycles. The van der Waals surface area contributed by atoms with Gasteiger partial charge >= 0.3 is 0 Å². The van der Waals surface area contributed by atoms with Gasteiger partial charge in [0, 0.05) is 17.5 Å². The topological polar surface area (TPSA) is 55.3 Å². The lowest BCUT2D eigenvalue weighted by Crippen LogP contribution is -2.49. The van der Waals surface area contributed by atoms with E-state index in [0.717, 1.165) is 30.0 Å². The van der Waals surface area contributed by atoms with Crippen LogP contribution < -0.4 is 5.73 Å². The average Bonchev–Trinajstić information content (AvgIpc) is 2.68. The molecule has 1 heterocycles. The Morgan fingerprint density at radius 2 is 1.70 bits per heavy atom. The highest BCUT2D eigenvalue weighted by molar-refractivity contribution is 5.46. The highest BCUT2D eigenvalue weighted by atomic mass is 16.5. The molecule has 20 heavy (non-hydrogen) atoms. The van der Waals surface area contributed by atoms with Crippen molar-refractivity contribution < 1.29 is 4.52 Å². The lowest BCUT2D eigenvalue weighted by Gasteiger charge is -2.56. The Balaban J connectivity index is 1.75. The largest absolute Gasteiger partial charge is 0.367 e. The fraction of sp³-hybridized carbons (Fsp3) is 0.812. The van der Waals surface area contributed by atoms with Crippen LogP contribution in [0.15, 0.2) is 4.52 Å². The first-order chi connectivity index (χ1) is 9.56. The molecule has 0 aliphatic heterocycles. The van der Waals surface area contributed by atoms with Crippen LogP contribution in [0.5, 0.6) is 0 Å². The van der Waals surface area contributed by atoms with Crippen LogP contribution in [-0.4, -0.2) is 24.2 Å². The van der Waals surface area contributed by atoms with Crippen LogP contribution in [0.3, 0.4) is 0 Å². The second kappa shape index (κ2) is 4.23. The third-order valence-electron chi connectivity index (χ3n) is 5.82. The van der Waals surface area contributed by atoms with Crippen LogP contribution >= 0.6 is 0 Å². The molecule has 1 aromatic rings. The molecule has 4 fully saturated rings. The van der Waals surface area contributed by atoms with Gasteiger partial charge in [-0.05, 0) is 70.4 Å². The normalized spacial score (nSPS) is 38.9. The summed E-state index contributed by atoms with van der Waals surface area (Å²) in [5.41, 5.74) is 8.82. The van der Waals surface area contributed by atoms with Crippen molar-refractivity contribution in [3.63, 3.8) is 0 Å². The van der Waals surface area contributed by atoms with Crippen LogP contribution in [0.2, 0.25) is 0 Å². The first kappa shape index (κ1) is 12.7. The van der Waals surface area contributed by atoms with Crippen molar-refractivity contribution in [3.05, 3.63) is 11.3 Å². The Labute approximate surface area is 120 Å². The van der Waals surface area contributed by atoms with E-state index in [1.807, 2.05) is 0 Å². The smallest absolute Gasteiger partial charge is 0.226 e. The molecule has 0 unspecified atom stereocenters. The van der Waals surface area contributed by atoms with E-state index >= 15 is 0 Å². The summed E-state index contributed by atoms with van der Waals surface area (Å²) in [4.78, 5) is 2.15. The Bertz CT molecular complexity index is 485. The van der Waals surface area contributed by atoms with Gasteiger partial charge < -0.3 is 15.2 Å². The van der Waals surface area contributed by atoms with Gasteiger partial charge in [-0.3, -0.25) is 0 Å². The minimum atomic E-state index is 0.282. The Kier molecular flexibility index (Phi) is 2.69. The van der Waals surface area contributed by atoms with Gasteiger partial charge in [-0.25, -0.2) is 0 Å². The Hall–Kier alpha value is -1.03. The van der Waals surface area contributed by atoms with Crippen molar-refractivity contribution in [3.8, 4) is 0 Å². The van der Waals surface area contributed by atoms with Crippen LogP contribution in [0, 0.1) is 17.8 Å². The molecule has 0 radical (unpaired) electrons. The van der Waals surface area contributed by atoms with E-state index in [4.69, 9.17) is 10.3 Å². The number of nitrogen functional groups attached to an aromatic ring is 1. The van der Waals surface area contributed by atoms with E-state index < -0.39 is 0 Å². The van der Waals surface area contributed by atoms with Crippen LogP contribution in [-0.2, 0) is 12.0 Å². The molecule has 0 saturated heterocycles. The van der Waals surface area contributed by atoms with Crippen LogP contribution in [0.25, 0.3) is 0 Å². The highest BCUT2D eigenvalue weighted by Crippen LogP contribution is 2.61. The summed E-state index contributed by atoms with van der Waals surface area (Å²) < 4.78 is 5.39. The maximum atomic E-state index is 6.19. The predicted octanol–water partition coefficient (Wildman–Crippen LogP) is 2.79. The zero-order chi connectivity index (χ0) is 13.9. The van der Waals surface area contributed by atoms with Crippen LogP contribution in [0.1, 0.15) is 49.8 Å². The van der Waals surface area contributed by atoms with Gasteiger partial charge in [0.05, 0.1) is 0 Å². The summed E-state index contributed by atoms with van der Waals surface area (Å²) >= 11 is 0. The van der Waals surface area contributed by atoms with Gasteiger partial charge in [0.25, 0.3) is 0 Å². The summed E-state index contributed by atoms with van der Waals surface area (Å²) in [7, 11) is 4.16. The average molecular weight is 275 g/mol. The number of hydrogen-bond acceptors (Lipinski definition) is 4. The van der Waals surface area contributed by atoms with Crippen molar-refractivity contribution in [2.75, 3.05) is 19.8 Å². The maximum Gasteiger partial charge on any atom is 0.226 e. The quantitative estimate of drug-likeness (QED) is 0.921. The first-order valence-electron chi connectivity index (χ1n) is 7.95. The second-order valence-electron chi connectivity index (χ2n) is 7.80. The second-order valence-corrected chi connectivity index (χ2v) is 7.80. The lowest BCUT2D eigenvalue weighted by atomic mass is 9.48. The SMILES string of the molecule is CN(C)Cc1noc(N)c1C12CC3CC(CC(C3)C1)C2. The van der Waals surface area contributed by atoms with E-state index in [2.05, 4.69) is 24.2 Å². The third-order valence-corrected chi connectivity index (χ3v) is 5.82. The summed E-state index contributed by atoms with van der Waals surface area (Å²) in [6.07, 6.45) is 8.29. The molecule has 0 amide bonds. The predicted molar refractivity (Wildman–Crippen MR) is 78.2 cm³/mol. The molecule has 0 spiro atoms. The third kappa shape index (κ3) is 1.80. The van der Waals surface area contributed by atoms with Crippen molar-refractivity contribution in [2.45, 2.75) is 50.5 Å². The first-order valence-corrected chi connectivity index (χ1v) is 7.95. The minimum absolute atomic E-state index is 0.282. The van der Waals surface area contributed by atoms with Crippen molar-refractivity contribution >= 4 is 5.88 Å². The van der Waals surface area contributed by atoms with Crippen molar-refractivity contribution in [1.82, 2.24) is 10.1 Å². The van der Waals surface area contributed by atoms with Gasteiger partial charge in [0.2, 0.25) is 5.88 Å². The van der Waals surface area contributed by atoms with Gasteiger partial charge in [0.15, 0.2) is 0 Å². The molecule has 4 aliphatic rings. The lowest BCUT2D eigenvalue weighted by molar-refractivity contribution is -0.00552. The fourth-order valence-corrected chi connectivity index (χ4v) is 5.73. The van der Waals surface area contributed by atoms with Gasteiger partial charge in [-0.15, -0.1) is 0 Å². The highest BCUT2D eigenvalue weighted by Gasteiger charge is 2.53. The van der Waals surface area contributed by atoms with Crippen molar-refractivity contribution in [1.29, 1.82) is 0 Å². The maximum absolute atomic E-state index is 6.19. The molecular weight excluding hydrogens is 250 g/mol. The molecule has 110 valence electrons. The number of nitrogens with zero attached hydrogens (tertiary/aromatic N) is 2. The fourth-order valence-electron chi connectivity index (χ4n) is 5.73. The number of rotatable bonds is 3. The summed E-state index contributed by atoms with van der Waals surface area (Å²) in [5.74, 6) is 3.34. The molecule has 4 saturated carbocycles. The van der Waals surface area contributed by atoms with Crippen LogP contribution in [0.4, 0.5) is 5.88 Å². The number of anilines is 1. The van der Waals surface area contributed by atoms with Crippen molar-refractivity contribution in [2.24, 2.45) is 17.8 Å². The van der Waals surface area contributed by atoms with Gasteiger partial charge in [0.1, 0.15) is 5.69 Å². The molecule has 1 aromatic heterocycles. The Morgan fingerprint density at radius 3 is 2.20 bits per heavy atom. The number of hydrogen-bond donors (Lipinski definition) is 1. The van der Waals surface area contributed by atoms with E-state index in [-0.39, 0.29) is 5.41 Å². The minimum Gasteiger partial charge on any atom is -0.367 e. The molecule has 5 rings (SSSR count). The van der Waals surface area contributed by atoms with Gasteiger partial charge in [-0.1, -0.05) is 5.16 Å². The summed E-state index contributed by atoms with van der Waals surface area (Å²) in [6, 6.07) is 0. The molecule has 4 bridgehead atoms. The zero-order valence-electron chi connectivity index (χ0n) is 12.6. The number of aromatic nitrogens is 1. The molecule has 0 atom stereocenters.